The summed E-state index contributed by atoms with van der Waals surface area (Å²) in [5.41, 5.74) is 1.23. The van der Waals surface area contributed by atoms with Gasteiger partial charge in [0.25, 0.3) is 0 Å². The molecule has 1 aromatic carbocycles. The summed E-state index contributed by atoms with van der Waals surface area (Å²) in [5.74, 6) is 0. The van der Waals surface area contributed by atoms with Gasteiger partial charge in [-0.2, -0.15) is 0 Å². The fraction of sp³-hybridized carbons (Fsp3) is 0. The Bertz CT molecular complexity index is 445. The van der Waals surface area contributed by atoms with Crippen LogP contribution in [0.15, 0.2) is 54.7 Å². The maximum atomic E-state index is 2.20. The molecule has 0 spiro atoms. The molecule has 2 aromatic rings. The van der Waals surface area contributed by atoms with E-state index in [2.05, 4.69) is 53.2 Å². The molecule has 0 amide bonds. The first kappa shape index (κ1) is 8.65. The molecule has 0 N–H and O–H groups in total. The molecule has 64 valence electrons. The first-order chi connectivity index (χ1) is 6.38. The van der Waals surface area contributed by atoms with Gasteiger partial charge < -0.3 is 0 Å². The van der Waals surface area contributed by atoms with Crippen LogP contribution in [0.5, 0.6) is 0 Å². The van der Waals surface area contributed by atoms with Crippen LogP contribution in [0, 0.1) is 3.67 Å². The van der Waals surface area contributed by atoms with Crippen LogP contribution in [-0.2, 0) is 19.4 Å². The van der Waals surface area contributed by atoms with Gasteiger partial charge in [0.05, 0.1) is 0 Å². The van der Waals surface area contributed by atoms with Crippen molar-refractivity contribution >= 4 is 0 Å². The normalized spacial score (nSPS) is 9.85. The van der Waals surface area contributed by atoms with E-state index in [1.54, 1.807) is 0 Å². The number of pyridine rings is 1. The monoisotopic (exact) mass is 339 g/mol. The molecular weight excluding hydrogens is 330 g/mol. The van der Waals surface area contributed by atoms with Crippen LogP contribution in [0.25, 0.3) is 5.69 Å². The number of hydrogen-bond acceptors (Lipinski definition) is 0. The topological polar surface area (TPSA) is 4.93 Å². The number of benzene rings is 1. The molecular formula is C11H9NW. The van der Waals surface area contributed by atoms with E-state index in [1.165, 1.54) is 28.7 Å². The van der Waals surface area contributed by atoms with Crippen molar-refractivity contribution in [3.8, 4) is 5.69 Å². The molecule has 0 atom stereocenters. The van der Waals surface area contributed by atoms with E-state index in [0.29, 0.717) is 0 Å². The van der Waals surface area contributed by atoms with Gasteiger partial charge in [-0.05, 0) is 0 Å². The van der Waals surface area contributed by atoms with Crippen molar-refractivity contribution in [3.63, 3.8) is 0 Å². The fourth-order valence-corrected chi connectivity index (χ4v) is 2.11. The summed E-state index contributed by atoms with van der Waals surface area (Å²) < 4.78 is 3.53. The van der Waals surface area contributed by atoms with Crippen molar-refractivity contribution in [2.75, 3.05) is 0 Å². The van der Waals surface area contributed by atoms with Gasteiger partial charge in [-0.1, -0.05) is 0 Å². The van der Waals surface area contributed by atoms with E-state index in [4.69, 9.17) is 0 Å². The van der Waals surface area contributed by atoms with Gasteiger partial charge in [0.15, 0.2) is 0 Å². The van der Waals surface area contributed by atoms with Gasteiger partial charge in [-0.3, -0.25) is 0 Å². The van der Waals surface area contributed by atoms with Crippen LogP contribution < -0.4 is 0 Å². The van der Waals surface area contributed by atoms with Gasteiger partial charge >= 0.3 is 88.0 Å². The third-order valence-electron chi connectivity index (χ3n) is 1.86. The Morgan fingerprint density at radius 3 is 2.23 bits per heavy atom. The number of rotatable bonds is 1. The molecule has 1 aromatic heterocycles. The number of aromatic nitrogens is 1. The maximum absolute atomic E-state index is 2.20. The Labute approximate surface area is 88.1 Å². The Kier molecular flexibility index (Phi) is 2.56. The predicted octanol–water partition coefficient (Wildman–Crippen LogP) is 2.56. The summed E-state index contributed by atoms with van der Waals surface area (Å²) in [5, 5.41) is 0. The predicted molar refractivity (Wildman–Crippen MR) is 49.0 cm³/mol. The Morgan fingerprint density at radius 2 is 1.54 bits per heavy atom. The molecule has 0 unspecified atom stereocenters. The standard InChI is InChI=1S/C11H9N.W/c1-3-7-11(8-4-1)12-9-5-2-6-10-12;/h1-9H;. The molecule has 0 fully saturated rings. The van der Waals surface area contributed by atoms with Crippen molar-refractivity contribution in [3.05, 3.63) is 58.4 Å². The van der Waals surface area contributed by atoms with E-state index in [0.717, 1.165) is 0 Å². The minimum atomic E-state index is 1.23. The number of hydrogen-bond donors (Lipinski definition) is 0. The summed E-state index contributed by atoms with van der Waals surface area (Å²) in [7, 11) is 0. The van der Waals surface area contributed by atoms with E-state index in [1.807, 2.05) is 6.07 Å². The first-order valence-corrected chi connectivity index (χ1v) is 5.58. The zero-order valence-corrected chi connectivity index (χ0v) is 9.99. The van der Waals surface area contributed by atoms with Crippen LogP contribution in [0.2, 0.25) is 0 Å². The van der Waals surface area contributed by atoms with Crippen LogP contribution in [0.1, 0.15) is 0 Å². The Morgan fingerprint density at radius 1 is 0.846 bits per heavy atom. The van der Waals surface area contributed by atoms with Crippen LogP contribution in [-0.4, -0.2) is 4.57 Å². The summed E-state index contributed by atoms with van der Waals surface area (Å²) in [6.07, 6.45) is 2.09. The van der Waals surface area contributed by atoms with E-state index in [9.17, 15) is 0 Å². The third-order valence-corrected chi connectivity index (χ3v) is 3.05. The molecule has 1 heterocycles. The number of nitrogens with zero attached hydrogens (tertiary/aromatic N) is 1. The average Bonchev–Trinajstić information content (AvgIpc) is 2.20. The molecule has 0 saturated carbocycles. The van der Waals surface area contributed by atoms with Crippen molar-refractivity contribution < 1.29 is 19.4 Å². The molecule has 13 heavy (non-hydrogen) atoms. The third kappa shape index (κ3) is 1.86. The summed E-state index contributed by atoms with van der Waals surface area (Å²) in [4.78, 5) is 0. The van der Waals surface area contributed by atoms with E-state index < -0.39 is 0 Å². The SMILES string of the molecule is [W]=[c]1ccccn1-c1ccccc1. The fourth-order valence-electron chi connectivity index (χ4n) is 1.23. The molecule has 0 aliphatic carbocycles. The van der Waals surface area contributed by atoms with Crippen molar-refractivity contribution in [1.82, 2.24) is 4.57 Å². The van der Waals surface area contributed by atoms with Crippen molar-refractivity contribution in [1.29, 1.82) is 0 Å². The van der Waals surface area contributed by atoms with Crippen molar-refractivity contribution in [2.24, 2.45) is 0 Å². The molecule has 1 nitrogen and oxygen atoms in total. The van der Waals surface area contributed by atoms with Gasteiger partial charge in [-0.25, -0.2) is 0 Å². The zero-order chi connectivity index (χ0) is 9.10. The van der Waals surface area contributed by atoms with Crippen LogP contribution in [0.4, 0.5) is 0 Å². The van der Waals surface area contributed by atoms with Gasteiger partial charge in [0.2, 0.25) is 0 Å². The van der Waals surface area contributed by atoms with Gasteiger partial charge in [0.1, 0.15) is 0 Å². The average molecular weight is 339 g/mol. The Hall–Kier alpha value is -0.942. The van der Waals surface area contributed by atoms with Gasteiger partial charge in [0, 0.05) is 0 Å². The molecule has 0 radical (unpaired) electrons. The summed E-state index contributed by atoms with van der Waals surface area (Å²) >= 11 is 1.49. The molecule has 0 saturated heterocycles. The van der Waals surface area contributed by atoms with E-state index in [-0.39, 0.29) is 0 Å². The minimum absolute atomic E-state index is 1.23. The summed E-state index contributed by atoms with van der Waals surface area (Å²) in [6.45, 7) is 0. The first-order valence-electron chi connectivity index (χ1n) is 4.11. The molecule has 0 aliphatic rings. The molecule has 0 bridgehead atoms. The van der Waals surface area contributed by atoms with E-state index >= 15 is 0 Å². The van der Waals surface area contributed by atoms with Gasteiger partial charge in [-0.15, -0.1) is 0 Å². The second kappa shape index (κ2) is 3.84. The van der Waals surface area contributed by atoms with Crippen LogP contribution in [0.3, 0.4) is 0 Å². The number of para-hydroxylation sites is 1. The molecule has 2 rings (SSSR count). The van der Waals surface area contributed by atoms with Crippen LogP contribution >= 0.6 is 0 Å². The second-order valence-corrected chi connectivity index (χ2v) is 4.25. The molecule has 2 heteroatoms. The summed E-state index contributed by atoms with van der Waals surface area (Å²) in [6, 6.07) is 16.7. The second-order valence-electron chi connectivity index (χ2n) is 2.74. The molecule has 0 aliphatic heterocycles. The van der Waals surface area contributed by atoms with Crippen molar-refractivity contribution in [2.45, 2.75) is 0 Å². The quantitative estimate of drug-likeness (QED) is 0.753. The zero-order valence-electron chi connectivity index (χ0n) is 7.05. The Balaban J connectivity index is 2.60.